The number of allylic oxidation sites excluding steroid dienone is 2. The first-order chi connectivity index (χ1) is 22.9. The molecule has 1 aromatic rings. The van der Waals surface area contributed by atoms with Gasteiger partial charge in [0.05, 0.1) is 23.3 Å². The number of halogens is 1. The van der Waals surface area contributed by atoms with Crippen LogP contribution in [0.25, 0.3) is 0 Å². The second kappa shape index (κ2) is 19.8. The van der Waals surface area contributed by atoms with Gasteiger partial charge >= 0.3 is 5.97 Å². The van der Waals surface area contributed by atoms with Crippen LogP contribution in [0.1, 0.15) is 106 Å². The average Bonchev–Trinajstić information content (AvgIpc) is 3.57. The van der Waals surface area contributed by atoms with Crippen LogP contribution in [0.4, 0.5) is 0 Å². The highest BCUT2D eigenvalue weighted by molar-refractivity contribution is 7.12. The first kappa shape index (κ1) is 37.0. The Labute approximate surface area is 290 Å². The van der Waals surface area contributed by atoms with Gasteiger partial charge in [-0.3, -0.25) is 4.79 Å². The summed E-state index contributed by atoms with van der Waals surface area (Å²) in [5, 5.41) is 9.88. The smallest absolute Gasteiger partial charge is 0.303 e. The van der Waals surface area contributed by atoms with Crippen LogP contribution in [0.15, 0.2) is 30.4 Å². The average molecular weight is 695 g/mol. The normalized spacial score (nSPS) is 31.1. The zero-order valence-corrected chi connectivity index (χ0v) is 29.6. The van der Waals surface area contributed by atoms with Crippen molar-refractivity contribution in [2.24, 2.45) is 11.8 Å². The standard InChI is InChI=1S/C37H55ClO8S/c1-26-31(38)24-28(47-26)19-17-27(44-35-14-6-9-21-41-35)18-20-30-29(12-4-2-3-5-13-34(39)40)32(45-36-15-7-10-22-42-36)25-33(30)46-37-16-8-11-23-43-37/h2,4,18,20,24,27,29-30,32-33,35-37H,3,5-17,19,21-23,25H2,1H3,(H,39,40)/t27?,29-,30-,32+,33-,35+,36?,37?/m1/s1. The summed E-state index contributed by atoms with van der Waals surface area (Å²) >= 11 is 8.15. The molecule has 1 aromatic heterocycles. The predicted molar refractivity (Wildman–Crippen MR) is 184 cm³/mol. The maximum absolute atomic E-state index is 11.0. The Balaban J connectivity index is 1.35. The highest BCUT2D eigenvalue weighted by Gasteiger charge is 2.45. The molecular weight excluding hydrogens is 640 g/mol. The molecule has 264 valence electrons. The van der Waals surface area contributed by atoms with Gasteiger partial charge in [0.2, 0.25) is 0 Å². The van der Waals surface area contributed by atoms with Crippen molar-refractivity contribution in [3.8, 4) is 0 Å². The van der Waals surface area contributed by atoms with Crippen molar-refractivity contribution < 1.29 is 38.3 Å². The fourth-order valence-electron chi connectivity index (χ4n) is 7.13. The minimum Gasteiger partial charge on any atom is -0.481 e. The molecule has 1 saturated carbocycles. The molecule has 1 aliphatic carbocycles. The summed E-state index contributed by atoms with van der Waals surface area (Å²) in [7, 11) is 0. The summed E-state index contributed by atoms with van der Waals surface area (Å²) in [6.07, 6.45) is 22.3. The van der Waals surface area contributed by atoms with E-state index in [-0.39, 0.29) is 55.4 Å². The number of unbranched alkanes of at least 4 members (excludes halogenated alkanes) is 1. The second-order valence-electron chi connectivity index (χ2n) is 13.4. The minimum absolute atomic E-state index is 0.0257. The van der Waals surface area contributed by atoms with Crippen LogP contribution in [0, 0.1) is 18.8 Å². The van der Waals surface area contributed by atoms with Crippen molar-refractivity contribution >= 4 is 28.9 Å². The molecule has 3 saturated heterocycles. The van der Waals surface area contributed by atoms with Gasteiger partial charge in [-0.15, -0.1) is 11.3 Å². The monoisotopic (exact) mass is 694 g/mol. The highest BCUT2D eigenvalue weighted by Crippen LogP contribution is 2.42. The summed E-state index contributed by atoms with van der Waals surface area (Å²) in [6, 6.07) is 2.08. The topological polar surface area (TPSA) is 92.7 Å². The number of ether oxygens (including phenoxy) is 6. The zero-order valence-electron chi connectivity index (χ0n) is 28.0. The van der Waals surface area contributed by atoms with E-state index in [4.69, 9.17) is 45.1 Å². The molecule has 0 aromatic carbocycles. The third-order valence-electron chi connectivity index (χ3n) is 9.73. The highest BCUT2D eigenvalue weighted by atomic mass is 35.5. The van der Waals surface area contributed by atoms with Crippen molar-refractivity contribution in [3.05, 3.63) is 45.1 Å². The molecule has 1 N–H and O–H groups in total. The SMILES string of the molecule is Cc1sc(CCC(C=C[C@@H]2[C@@H](CC=CCCCC(=O)O)[C@@H](OC3CCCCO3)C[C@H]2OC2CCCCO2)O[C@H]2CCCCO2)cc1Cl. The van der Waals surface area contributed by atoms with Gasteiger partial charge in [0, 0.05) is 48.3 Å². The van der Waals surface area contributed by atoms with E-state index in [1.165, 1.54) is 4.88 Å². The van der Waals surface area contributed by atoms with E-state index in [0.717, 1.165) is 120 Å². The number of carboxylic acid groups (broad SMARTS) is 1. The second-order valence-corrected chi connectivity index (χ2v) is 15.2. The fourth-order valence-corrected chi connectivity index (χ4v) is 8.39. The Bertz CT molecular complexity index is 1100. The van der Waals surface area contributed by atoms with Gasteiger partial charge in [0.1, 0.15) is 0 Å². The maximum atomic E-state index is 11.0. The van der Waals surface area contributed by atoms with E-state index in [9.17, 15) is 4.79 Å². The Morgan fingerprint density at radius 1 is 0.979 bits per heavy atom. The Hall–Kier alpha value is -1.30. The van der Waals surface area contributed by atoms with Crippen LogP contribution in [-0.4, -0.2) is 68.1 Å². The lowest BCUT2D eigenvalue weighted by molar-refractivity contribution is -0.203. The van der Waals surface area contributed by atoms with Crippen molar-refractivity contribution in [2.45, 2.75) is 147 Å². The van der Waals surface area contributed by atoms with Gasteiger partial charge in [0.25, 0.3) is 0 Å². The van der Waals surface area contributed by atoms with Gasteiger partial charge in [0.15, 0.2) is 18.9 Å². The largest absolute Gasteiger partial charge is 0.481 e. The number of hydrogen-bond acceptors (Lipinski definition) is 8. The predicted octanol–water partition coefficient (Wildman–Crippen LogP) is 8.77. The minimum atomic E-state index is -0.752. The van der Waals surface area contributed by atoms with Gasteiger partial charge in [-0.2, -0.15) is 0 Å². The summed E-state index contributed by atoms with van der Waals surface area (Å²) in [5.74, 6) is -0.487. The number of aliphatic carboxylic acids is 1. The molecule has 0 bridgehead atoms. The summed E-state index contributed by atoms with van der Waals surface area (Å²) in [5.41, 5.74) is 0. The van der Waals surface area contributed by atoms with Crippen molar-refractivity contribution in [3.63, 3.8) is 0 Å². The van der Waals surface area contributed by atoms with Crippen molar-refractivity contribution in [1.82, 2.24) is 0 Å². The zero-order chi connectivity index (χ0) is 32.8. The van der Waals surface area contributed by atoms with E-state index >= 15 is 0 Å². The molecule has 3 unspecified atom stereocenters. The quantitative estimate of drug-likeness (QED) is 0.128. The van der Waals surface area contributed by atoms with Gasteiger partial charge in [-0.25, -0.2) is 0 Å². The number of thiophene rings is 1. The van der Waals surface area contributed by atoms with E-state index in [1.807, 2.05) is 0 Å². The molecule has 8 atom stereocenters. The van der Waals surface area contributed by atoms with Crippen LogP contribution in [-0.2, 0) is 39.6 Å². The van der Waals surface area contributed by atoms with Crippen molar-refractivity contribution in [1.29, 1.82) is 0 Å². The first-order valence-corrected chi connectivity index (χ1v) is 19.2. The van der Waals surface area contributed by atoms with Gasteiger partial charge < -0.3 is 33.5 Å². The molecule has 5 rings (SSSR count). The van der Waals surface area contributed by atoms with Crippen LogP contribution in [0.3, 0.4) is 0 Å². The van der Waals surface area contributed by atoms with Gasteiger partial charge in [-0.05, 0) is 109 Å². The fraction of sp³-hybridized carbons (Fsp3) is 0.757. The molecule has 8 nitrogen and oxygen atoms in total. The molecular formula is C37H55ClO8S. The molecule has 4 heterocycles. The number of aryl methyl sites for hydroxylation is 2. The molecule has 3 aliphatic heterocycles. The Kier molecular flexibility index (Phi) is 15.6. The summed E-state index contributed by atoms with van der Waals surface area (Å²) in [4.78, 5) is 13.4. The molecule has 0 radical (unpaired) electrons. The lowest BCUT2D eigenvalue weighted by atomic mass is 9.89. The third kappa shape index (κ3) is 12.2. The van der Waals surface area contributed by atoms with Crippen LogP contribution in [0.5, 0.6) is 0 Å². The maximum Gasteiger partial charge on any atom is 0.303 e. The number of carboxylic acids is 1. The number of carbonyl (C=O) groups is 1. The molecule has 4 aliphatic rings. The van der Waals surface area contributed by atoms with Crippen LogP contribution in [0.2, 0.25) is 5.02 Å². The molecule has 10 heteroatoms. The molecule has 47 heavy (non-hydrogen) atoms. The van der Waals surface area contributed by atoms with Gasteiger partial charge in [-0.1, -0.05) is 35.9 Å². The van der Waals surface area contributed by atoms with Crippen LogP contribution < -0.4 is 0 Å². The third-order valence-corrected chi connectivity index (χ3v) is 11.3. The lowest BCUT2D eigenvalue weighted by Crippen LogP contribution is -2.31. The number of rotatable bonds is 17. The van der Waals surface area contributed by atoms with E-state index in [0.29, 0.717) is 6.42 Å². The first-order valence-electron chi connectivity index (χ1n) is 18.1. The molecule has 4 fully saturated rings. The summed E-state index contributed by atoms with van der Waals surface area (Å²) < 4.78 is 38.2. The van der Waals surface area contributed by atoms with E-state index < -0.39 is 5.97 Å². The Morgan fingerprint density at radius 3 is 2.23 bits per heavy atom. The molecule has 0 spiro atoms. The van der Waals surface area contributed by atoms with Crippen molar-refractivity contribution in [2.75, 3.05) is 19.8 Å². The van der Waals surface area contributed by atoms with E-state index in [2.05, 4.69) is 37.3 Å². The summed E-state index contributed by atoms with van der Waals surface area (Å²) in [6.45, 7) is 4.28. The number of hydrogen-bond donors (Lipinski definition) is 1. The molecule has 0 amide bonds. The van der Waals surface area contributed by atoms with E-state index in [1.54, 1.807) is 11.3 Å². The van der Waals surface area contributed by atoms with Crippen LogP contribution >= 0.6 is 22.9 Å². The lowest BCUT2D eigenvalue weighted by Gasteiger charge is -2.30. The Morgan fingerprint density at radius 2 is 1.64 bits per heavy atom.